The zero-order valence-corrected chi connectivity index (χ0v) is 21.6. The number of aryl methyl sites for hydroxylation is 2. The fourth-order valence-corrected chi connectivity index (χ4v) is 4.07. The summed E-state index contributed by atoms with van der Waals surface area (Å²) in [5.74, 6) is 1.75. The van der Waals surface area contributed by atoms with Gasteiger partial charge in [0.25, 0.3) is 5.91 Å². The van der Waals surface area contributed by atoms with Gasteiger partial charge in [-0.3, -0.25) is 9.79 Å². The zero-order valence-electron chi connectivity index (χ0n) is 18.4. The molecule has 1 saturated heterocycles. The molecule has 31 heavy (non-hydrogen) atoms. The number of hydrogen-bond acceptors (Lipinski definition) is 6. The van der Waals surface area contributed by atoms with Crippen molar-refractivity contribution in [2.24, 2.45) is 4.99 Å². The van der Waals surface area contributed by atoms with Gasteiger partial charge in [0.2, 0.25) is 5.13 Å². The highest BCUT2D eigenvalue weighted by atomic mass is 127. The number of rotatable bonds is 7. The smallest absolute Gasteiger partial charge is 0.251 e. The highest BCUT2D eigenvalue weighted by Crippen LogP contribution is 2.19. The van der Waals surface area contributed by atoms with Crippen molar-refractivity contribution in [2.45, 2.75) is 27.2 Å². The summed E-state index contributed by atoms with van der Waals surface area (Å²) in [5, 5.41) is 7.32. The Morgan fingerprint density at radius 3 is 2.61 bits per heavy atom. The van der Waals surface area contributed by atoms with Gasteiger partial charge in [-0.25, -0.2) is 4.98 Å². The fraction of sp³-hybridized carbons (Fsp3) is 0.524. The van der Waals surface area contributed by atoms with Gasteiger partial charge in [0.05, 0.1) is 6.54 Å². The largest absolute Gasteiger partial charge is 0.357 e. The minimum absolute atomic E-state index is 0. The van der Waals surface area contributed by atoms with Crippen LogP contribution in [0, 0.1) is 6.92 Å². The predicted octanol–water partition coefficient (Wildman–Crippen LogP) is 2.54. The molecule has 0 bridgehead atoms. The van der Waals surface area contributed by atoms with Crippen molar-refractivity contribution in [1.29, 1.82) is 0 Å². The third-order valence-electron chi connectivity index (χ3n) is 4.90. The van der Waals surface area contributed by atoms with Crippen LogP contribution >= 0.6 is 35.5 Å². The first-order valence-corrected chi connectivity index (χ1v) is 11.3. The van der Waals surface area contributed by atoms with Gasteiger partial charge < -0.3 is 20.4 Å². The Balaban J connectivity index is 0.00000341. The number of nitrogens with zero attached hydrogens (tertiary/aromatic N) is 5. The topological polar surface area (TPSA) is 85.8 Å². The van der Waals surface area contributed by atoms with Crippen LogP contribution in [0.15, 0.2) is 29.3 Å². The Kier molecular flexibility index (Phi) is 10.4. The lowest BCUT2D eigenvalue weighted by Gasteiger charge is -2.36. The van der Waals surface area contributed by atoms with Crippen LogP contribution in [0.4, 0.5) is 5.13 Å². The number of guanidine groups is 1. The molecule has 0 atom stereocenters. The molecule has 2 aromatic rings. The first-order valence-electron chi connectivity index (χ1n) is 10.6. The molecule has 8 nitrogen and oxygen atoms in total. The quantitative estimate of drug-likeness (QED) is 0.236. The molecular formula is C21H32IN7OS. The van der Waals surface area contributed by atoms with Crippen molar-refractivity contribution in [3.05, 3.63) is 41.2 Å². The molecule has 170 valence electrons. The Labute approximate surface area is 205 Å². The number of carbonyl (C=O) groups excluding carboxylic acids is 1. The molecule has 1 aliphatic rings. The van der Waals surface area contributed by atoms with E-state index in [9.17, 15) is 4.79 Å². The standard InChI is InChI=1S/C21H31N7OS.HI/c1-4-18-25-21(30-26-18)28-13-11-27(12-14-28)20(22-5-2)24-10-9-23-19(29)17-8-6-7-16(3)15-17;/h6-8,15H,4-5,9-14H2,1-3H3,(H,22,24)(H,23,29);1H. The molecule has 0 radical (unpaired) electrons. The number of nitrogens with one attached hydrogen (secondary N) is 2. The second-order valence-electron chi connectivity index (χ2n) is 7.18. The second-order valence-corrected chi connectivity index (χ2v) is 7.91. The number of aromatic nitrogens is 2. The molecule has 0 spiro atoms. The number of anilines is 1. The molecule has 1 aliphatic heterocycles. The van der Waals surface area contributed by atoms with Gasteiger partial charge in [0, 0.05) is 62.8 Å². The number of amides is 1. The monoisotopic (exact) mass is 557 g/mol. The molecule has 1 fully saturated rings. The summed E-state index contributed by atoms with van der Waals surface area (Å²) in [5.41, 5.74) is 1.76. The van der Waals surface area contributed by atoms with Crippen LogP contribution in [-0.4, -0.2) is 71.9 Å². The third-order valence-corrected chi connectivity index (χ3v) is 5.71. The number of benzene rings is 1. The average Bonchev–Trinajstić information content (AvgIpc) is 3.25. The maximum atomic E-state index is 12.3. The second kappa shape index (κ2) is 12.8. The van der Waals surface area contributed by atoms with Crippen molar-refractivity contribution >= 4 is 52.5 Å². The van der Waals surface area contributed by atoms with E-state index in [0.717, 1.165) is 61.6 Å². The summed E-state index contributed by atoms with van der Waals surface area (Å²) in [4.78, 5) is 26.1. The molecule has 0 aliphatic carbocycles. The van der Waals surface area contributed by atoms with Crippen LogP contribution in [0.5, 0.6) is 0 Å². The summed E-state index contributed by atoms with van der Waals surface area (Å²) in [6, 6.07) is 7.60. The molecule has 2 N–H and O–H groups in total. The predicted molar refractivity (Wildman–Crippen MR) is 138 cm³/mol. The van der Waals surface area contributed by atoms with Crippen molar-refractivity contribution < 1.29 is 4.79 Å². The first-order chi connectivity index (χ1) is 14.6. The Morgan fingerprint density at radius 1 is 1.19 bits per heavy atom. The van der Waals surface area contributed by atoms with Crippen LogP contribution in [0.3, 0.4) is 0 Å². The van der Waals surface area contributed by atoms with Crippen molar-refractivity contribution in [3.8, 4) is 0 Å². The summed E-state index contributed by atoms with van der Waals surface area (Å²) >= 11 is 1.48. The van der Waals surface area contributed by atoms with Crippen LogP contribution < -0.4 is 15.5 Å². The van der Waals surface area contributed by atoms with E-state index in [-0.39, 0.29) is 29.9 Å². The lowest BCUT2D eigenvalue weighted by Crippen LogP contribution is -2.52. The summed E-state index contributed by atoms with van der Waals surface area (Å²) in [6.07, 6.45) is 0.869. The van der Waals surface area contributed by atoms with Gasteiger partial charge >= 0.3 is 0 Å². The number of hydrogen-bond donors (Lipinski definition) is 2. The number of halogens is 1. The lowest BCUT2D eigenvalue weighted by atomic mass is 10.1. The van der Waals surface area contributed by atoms with E-state index in [4.69, 9.17) is 4.99 Å². The summed E-state index contributed by atoms with van der Waals surface area (Å²) in [6.45, 7) is 11.5. The van der Waals surface area contributed by atoms with Crippen LogP contribution in [-0.2, 0) is 6.42 Å². The van der Waals surface area contributed by atoms with Gasteiger partial charge in [-0.2, -0.15) is 4.37 Å². The van der Waals surface area contributed by atoms with Gasteiger partial charge in [-0.05, 0) is 26.0 Å². The molecule has 1 amide bonds. The van der Waals surface area contributed by atoms with Gasteiger partial charge in [0.15, 0.2) is 5.96 Å². The fourth-order valence-electron chi connectivity index (χ4n) is 3.27. The third kappa shape index (κ3) is 7.30. The first kappa shape index (κ1) is 25.3. The summed E-state index contributed by atoms with van der Waals surface area (Å²) in [7, 11) is 0. The maximum Gasteiger partial charge on any atom is 0.251 e. The average molecular weight is 558 g/mol. The molecule has 1 aromatic carbocycles. The van der Waals surface area contributed by atoms with E-state index in [1.165, 1.54) is 11.5 Å². The normalized spacial score (nSPS) is 14.2. The minimum atomic E-state index is -0.0592. The van der Waals surface area contributed by atoms with Crippen molar-refractivity contribution in [3.63, 3.8) is 0 Å². The SMILES string of the molecule is CCNC(=NCCNC(=O)c1cccc(C)c1)N1CCN(c2nc(CC)ns2)CC1.I. The highest BCUT2D eigenvalue weighted by Gasteiger charge is 2.22. The molecule has 0 unspecified atom stereocenters. The van der Waals surface area contributed by atoms with Crippen LogP contribution in [0.25, 0.3) is 0 Å². The zero-order chi connectivity index (χ0) is 21.3. The van der Waals surface area contributed by atoms with E-state index < -0.39 is 0 Å². The highest BCUT2D eigenvalue weighted by molar-refractivity contribution is 14.0. The van der Waals surface area contributed by atoms with Crippen molar-refractivity contribution in [2.75, 3.05) is 50.7 Å². The van der Waals surface area contributed by atoms with Crippen LogP contribution in [0.1, 0.15) is 35.6 Å². The Hall–Kier alpha value is -1.95. The maximum absolute atomic E-state index is 12.3. The van der Waals surface area contributed by atoms with Crippen LogP contribution in [0.2, 0.25) is 0 Å². The molecule has 2 heterocycles. The minimum Gasteiger partial charge on any atom is -0.357 e. The Morgan fingerprint density at radius 2 is 1.97 bits per heavy atom. The summed E-state index contributed by atoms with van der Waals surface area (Å²) < 4.78 is 4.39. The molecule has 1 aromatic heterocycles. The molecule has 0 saturated carbocycles. The van der Waals surface area contributed by atoms with Crippen molar-refractivity contribution in [1.82, 2.24) is 24.9 Å². The van der Waals surface area contributed by atoms with E-state index in [1.54, 1.807) is 0 Å². The van der Waals surface area contributed by atoms with E-state index in [1.807, 2.05) is 31.2 Å². The molecule has 3 rings (SSSR count). The van der Waals surface area contributed by atoms with Gasteiger partial charge in [-0.1, -0.05) is 24.6 Å². The van der Waals surface area contributed by atoms with E-state index in [0.29, 0.717) is 18.7 Å². The van der Waals surface area contributed by atoms with E-state index in [2.05, 4.69) is 43.6 Å². The Bertz CT molecular complexity index is 865. The number of aliphatic imine (C=N–C) groups is 1. The molecule has 10 heteroatoms. The number of piperazine rings is 1. The lowest BCUT2D eigenvalue weighted by molar-refractivity contribution is 0.0954. The number of carbonyl (C=O) groups is 1. The van der Waals surface area contributed by atoms with E-state index >= 15 is 0 Å². The molecular weight excluding hydrogens is 525 g/mol. The van der Waals surface area contributed by atoms with Gasteiger partial charge in [-0.15, -0.1) is 24.0 Å². The van der Waals surface area contributed by atoms with Gasteiger partial charge in [0.1, 0.15) is 5.82 Å².